The van der Waals surface area contributed by atoms with Gasteiger partial charge in [-0.25, -0.2) is 0 Å². The van der Waals surface area contributed by atoms with E-state index in [9.17, 15) is 0 Å². The molecule has 1 heterocycles. The summed E-state index contributed by atoms with van der Waals surface area (Å²) in [5.41, 5.74) is 7.27. The van der Waals surface area contributed by atoms with E-state index in [0.29, 0.717) is 17.6 Å². The molecule has 0 saturated heterocycles. The van der Waals surface area contributed by atoms with Gasteiger partial charge in [-0.3, -0.25) is 0 Å². The van der Waals surface area contributed by atoms with Crippen molar-refractivity contribution in [2.45, 2.75) is 31.7 Å². The van der Waals surface area contributed by atoms with Gasteiger partial charge in [0.15, 0.2) is 5.82 Å². The van der Waals surface area contributed by atoms with Crippen LogP contribution in [0.15, 0.2) is 28.8 Å². The van der Waals surface area contributed by atoms with Gasteiger partial charge < -0.3 is 15.0 Å². The Morgan fingerprint density at radius 1 is 1.30 bits per heavy atom. The molecule has 0 amide bonds. The number of benzene rings is 1. The van der Waals surface area contributed by atoms with E-state index >= 15 is 0 Å². The van der Waals surface area contributed by atoms with E-state index in [1.54, 1.807) is 7.11 Å². The molecule has 2 aromatic rings. The lowest BCUT2D eigenvalue weighted by Crippen LogP contribution is -2.14. The predicted molar refractivity (Wildman–Crippen MR) is 74.4 cm³/mol. The molecule has 0 spiro atoms. The van der Waals surface area contributed by atoms with Crippen LogP contribution in [0.5, 0.6) is 5.75 Å². The SMILES string of the molecule is COc1ccc(CCc2nc(C(N)C3CC3)no2)cc1. The summed E-state index contributed by atoms with van der Waals surface area (Å²) in [6.45, 7) is 0. The number of hydrogen-bond donors (Lipinski definition) is 1. The molecule has 3 rings (SSSR count). The summed E-state index contributed by atoms with van der Waals surface area (Å²) in [6, 6.07) is 7.95. The summed E-state index contributed by atoms with van der Waals surface area (Å²) in [5, 5.41) is 3.99. The first kappa shape index (κ1) is 13.1. The summed E-state index contributed by atoms with van der Waals surface area (Å²) in [4.78, 5) is 4.39. The lowest BCUT2D eigenvalue weighted by atomic mass is 10.1. The van der Waals surface area contributed by atoms with Crippen LogP contribution in [-0.2, 0) is 12.8 Å². The number of aryl methyl sites for hydroxylation is 2. The summed E-state index contributed by atoms with van der Waals surface area (Å²) < 4.78 is 10.4. The smallest absolute Gasteiger partial charge is 0.227 e. The van der Waals surface area contributed by atoms with Crippen molar-refractivity contribution in [2.75, 3.05) is 7.11 Å². The summed E-state index contributed by atoms with van der Waals surface area (Å²) >= 11 is 0. The van der Waals surface area contributed by atoms with Crippen LogP contribution < -0.4 is 10.5 Å². The predicted octanol–water partition coefficient (Wildman–Crippen LogP) is 2.27. The Balaban J connectivity index is 1.57. The first-order chi connectivity index (χ1) is 9.76. The second kappa shape index (κ2) is 5.63. The molecule has 5 heteroatoms. The van der Waals surface area contributed by atoms with Crippen LogP contribution in [0.3, 0.4) is 0 Å². The Hall–Kier alpha value is -1.88. The first-order valence-corrected chi connectivity index (χ1v) is 6.97. The van der Waals surface area contributed by atoms with Crippen LogP contribution in [0, 0.1) is 5.92 Å². The van der Waals surface area contributed by atoms with Gasteiger partial charge >= 0.3 is 0 Å². The third-order valence-electron chi connectivity index (χ3n) is 3.70. The van der Waals surface area contributed by atoms with Crippen molar-refractivity contribution in [2.24, 2.45) is 11.7 Å². The van der Waals surface area contributed by atoms with Crippen molar-refractivity contribution in [3.05, 3.63) is 41.5 Å². The fourth-order valence-corrected chi connectivity index (χ4v) is 2.21. The van der Waals surface area contributed by atoms with Gasteiger partial charge in [-0.2, -0.15) is 4.98 Å². The highest BCUT2D eigenvalue weighted by Gasteiger charge is 2.32. The van der Waals surface area contributed by atoms with Crippen molar-refractivity contribution in [1.29, 1.82) is 0 Å². The van der Waals surface area contributed by atoms with Crippen molar-refractivity contribution < 1.29 is 9.26 Å². The lowest BCUT2D eigenvalue weighted by Gasteiger charge is -2.02. The number of ether oxygens (including phenoxy) is 1. The largest absolute Gasteiger partial charge is 0.497 e. The van der Waals surface area contributed by atoms with E-state index in [1.165, 1.54) is 18.4 Å². The fourth-order valence-electron chi connectivity index (χ4n) is 2.21. The molecular weight excluding hydrogens is 254 g/mol. The molecule has 0 bridgehead atoms. The second-order valence-electron chi connectivity index (χ2n) is 5.26. The first-order valence-electron chi connectivity index (χ1n) is 6.97. The third kappa shape index (κ3) is 2.99. The van der Waals surface area contributed by atoms with E-state index in [4.69, 9.17) is 15.0 Å². The average Bonchev–Trinajstić information content (AvgIpc) is 3.23. The van der Waals surface area contributed by atoms with E-state index in [1.807, 2.05) is 24.3 Å². The standard InChI is InChI=1S/C15H19N3O2/c1-19-12-7-2-10(3-8-12)4-9-13-17-15(18-20-13)14(16)11-5-6-11/h2-3,7-8,11,14H,4-6,9,16H2,1H3. The zero-order chi connectivity index (χ0) is 13.9. The van der Waals surface area contributed by atoms with Crippen LogP contribution in [0.2, 0.25) is 0 Å². The molecule has 1 fully saturated rings. The van der Waals surface area contributed by atoms with Gasteiger partial charge in [0, 0.05) is 6.42 Å². The van der Waals surface area contributed by atoms with Crippen molar-refractivity contribution in [1.82, 2.24) is 10.1 Å². The highest BCUT2D eigenvalue weighted by Crippen LogP contribution is 2.38. The van der Waals surface area contributed by atoms with E-state index in [0.717, 1.165) is 18.6 Å². The van der Waals surface area contributed by atoms with Gasteiger partial charge in [-0.05, 0) is 42.9 Å². The molecule has 1 aromatic heterocycles. The number of hydrogen-bond acceptors (Lipinski definition) is 5. The fraction of sp³-hybridized carbons (Fsp3) is 0.467. The van der Waals surface area contributed by atoms with E-state index in [2.05, 4.69) is 10.1 Å². The minimum atomic E-state index is -0.0616. The summed E-state index contributed by atoms with van der Waals surface area (Å²) in [5.74, 6) is 2.72. The Labute approximate surface area is 118 Å². The molecule has 1 unspecified atom stereocenters. The maximum Gasteiger partial charge on any atom is 0.227 e. The highest BCUT2D eigenvalue weighted by atomic mass is 16.5. The Kier molecular flexibility index (Phi) is 3.69. The highest BCUT2D eigenvalue weighted by molar-refractivity contribution is 5.27. The summed E-state index contributed by atoms with van der Waals surface area (Å²) in [6.07, 6.45) is 3.95. The van der Waals surface area contributed by atoms with Crippen LogP contribution in [0.1, 0.15) is 36.2 Å². The molecule has 1 saturated carbocycles. The molecule has 0 radical (unpaired) electrons. The van der Waals surface area contributed by atoms with Gasteiger partial charge in [0.05, 0.1) is 13.2 Å². The number of nitrogens with two attached hydrogens (primary N) is 1. The monoisotopic (exact) mass is 273 g/mol. The molecule has 1 aliphatic rings. The molecule has 5 nitrogen and oxygen atoms in total. The average molecular weight is 273 g/mol. The number of methoxy groups -OCH3 is 1. The topological polar surface area (TPSA) is 74.2 Å². The number of aromatic nitrogens is 2. The number of rotatable bonds is 6. The van der Waals surface area contributed by atoms with Gasteiger partial charge in [-0.15, -0.1) is 0 Å². The third-order valence-corrected chi connectivity index (χ3v) is 3.70. The Morgan fingerprint density at radius 2 is 2.05 bits per heavy atom. The lowest BCUT2D eigenvalue weighted by molar-refractivity contribution is 0.367. The van der Waals surface area contributed by atoms with Crippen molar-refractivity contribution in [3.8, 4) is 5.75 Å². The molecule has 0 aliphatic heterocycles. The van der Waals surface area contributed by atoms with Crippen LogP contribution in [0.4, 0.5) is 0 Å². The maximum atomic E-state index is 6.05. The zero-order valence-electron chi connectivity index (χ0n) is 11.6. The zero-order valence-corrected chi connectivity index (χ0v) is 11.6. The second-order valence-corrected chi connectivity index (χ2v) is 5.26. The minimum Gasteiger partial charge on any atom is -0.497 e. The van der Waals surface area contributed by atoms with Gasteiger partial charge in [0.25, 0.3) is 0 Å². The van der Waals surface area contributed by atoms with Gasteiger partial charge in [0.2, 0.25) is 5.89 Å². The molecule has 2 N–H and O–H groups in total. The van der Waals surface area contributed by atoms with Crippen molar-refractivity contribution in [3.63, 3.8) is 0 Å². The van der Waals surface area contributed by atoms with E-state index < -0.39 is 0 Å². The van der Waals surface area contributed by atoms with Crippen LogP contribution in [0.25, 0.3) is 0 Å². The van der Waals surface area contributed by atoms with Crippen LogP contribution in [-0.4, -0.2) is 17.3 Å². The van der Waals surface area contributed by atoms with E-state index in [-0.39, 0.29) is 6.04 Å². The Morgan fingerprint density at radius 3 is 2.70 bits per heavy atom. The molecule has 1 atom stereocenters. The summed E-state index contributed by atoms with van der Waals surface area (Å²) in [7, 11) is 1.66. The quantitative estimate of drug-likeness (QED) is 0.874. The van der Waals surface area contributed by atoms with Crippen LogP contribution >= 0.6 is 0 Å². The molecule has 20 heavy (non-hydrogen) atoms. The molecular formula is C15H19N3O2. The number of nitrogens with zero attached hydrogens (tertiary/aromatic N) is 2. The maximum absolute atomic E-state index is 6.05. The van der Waals surface area contributed by atoms with Crippen molar-refractivity contribution >= 4 is 0 Å². The molecule has 1 aromatic carbocycles. The normalized spacial score (nSPS) is 16.1. The van der Waals surface area contributed by atoms with Gasteiger partial charge in [-0.1, -0.05) is 17.3 Å². The minimum absolute atomic E-state index is 0.0616. The molecule has 1 aliphatic carbocycles. The molecule has 106 valence electrons. The Bertz CT molecular complexity index is 561. The van der Waals surface area contributed by atoms with Gasteiger partial charge in [0.1, 0.15) is 5.75 Å².